The Hall–Kier alpha value is -1.92. The smallest absolute Gasteiger partial charge is 0.0636 e. The van der Waals surface area contributed by atoms with Gasteiger partial charge in [0.2, 0.25) is 0 Å². The molecule has 160 valence electrons. The van der Waals surface area contributed by atoms with E-state index < -0.39 is 0 Å². The molecule has 0 radical (unpaired) electrons. The lowest BCUT2D eigenvalue weighted by Crippen LogP contribution is -2.36. The molecule has 0 unspecified atom stereocenters. The topological polar surface area (TPSA) is 37.2 Å². The average molecular weight is 446 g/mol. The molecule has 3 aromatic heterocycles. The van der Waals surface area contributed by atoms with E-state index in [9.17, 15) is 0 Å². The molecule has 2 atom stereocenters. The second-order valence-corrected chi connectivity index (χ2v) is 8.12. The van der Waals surface area contributed by atoms with Crippen molar-refractivity contribution in [1.82, 2.24) is 24.3 Å². The van der Waals surface area contributed by atoms with Gasteiger partial charge in [0.25, 0.3) is 0 Å². The lowest BCUT2D eigenvalue weighted by molar-refractivity contribution is 0.244. The molecule has 5 heterocycles. The Kier molecular flexibility index (Phi) is 6.88. The van der Waals surface area contributed by atoms with Crippen molar-refractivity contribution < 1.29 is 0 Å². The molecule has 0 spiro atoms. The van der Waals surface area contributed by atoms with E-state index in [-0.39, 0.29) is 36.9 Å². The van der Waals surface area contributed by atoms with E-state index in [4.69, 9.17) is 0 Å². The predicted molar refractivity (Wildman–Crippen MR) is 125 cm³/mol. The fourth-order valence-corrected chi connectivity index (χ4v) is 5.23. The Morgan fingerprint density at radius 1 is 0.733 bits per heavy atom. The standard InChI is InChI=1S/C23H27N5.2ClH/c1-26-12-8-18-20(22(26)16-6-4-10-24-14-16)21-19(28(18)3)9-13-27(2)23(21)17-7-5-11-25-15-17;;/h4-7,10-11,14-15,22-23H,8-9,12-13H2,1-3H3;2*1H/t22-,23-;;/m1../s1. The molecule has 0 amide bonds. The number of rotatable bonds is 2. The van der Waals surface area contributed by atoms with Crippen LogP contribution in [0.1, 0.15) is 45.7 Å². The Balaban J connectivity index is 0.00000128. The maximum Gasteiger partial charge on any atom is 0.0636 e. The van der Waals surface area contributed by atoms with Gasteiger partial charge in [0, 0.05) is 80.3 Å². The predicted octanol–water partition coefficient (Wildman–Crippen LogP) is 3.81. The van der Waals surface area contributed by atoms with Crippen LogP contribution in [0.3, 0.4) is 0 Å². The maximum atomic E-state index is 4.42. The van der Waals surface area contributed by atoms with E-state index in [0.29, 0.717) is 0 Å². The first-order chi connectivity index (χ1) is 13.7. The van der Waals surface area contributed by atoms with E-state index in [2.05, 4.69) is 69.7 Å². The minimum Gasteiger partial charge on any atom is -0.351 e. The van der Waals surface area contributed by atoms with Crippen LogP contribution >= 0.6 is 24.8 Å². The summed E-state index contributed by atoms with van der Waals surface area (Å²) in [5.41, 5.74) is 8.50. The fourth-order valence-electron chi connectivity index (χ4n) is 5.23. The summed E-state index contributed by atoms with van der Waals surface area (Å²) >= 11 is 0. The molecular weight excluding hydrogens is 417 g/mol. The third-order valence-electron chi connectivity index (χ3n) is 6.55. The van der Waals surface area contributed by atoms with Gasteiger partial charge < -0.3 is 4.57 Å². The minimum atomic E-state index is 0. The van der Waals surface area contributed by atoms with Gasteiger partial charge in [0.05, 0.1) is 12.1 Å². The Labute approximate surface area is 191 Å². The van der Waals surface area contributed by atoms with Gasteiger partial charge in [-0.15, -0.1) is 24.8 Å². The van der Waals surface area contributed by atoms with Crippen LogP contribution in [0.5, 0.6) is 0 Å². The van der Waals surface area contributed by atoms with E-state index in [1.54, 1.807) is 0 Å². The summed E-state index contributed by atoms with van der Waals surface area (Å²) in [6.07, 6.45) is 9.97. The molecule has 0 bridgehead atoms. The summed E-state index contributed by atoms with van der Waals surface area (Å²) in [5.74, 6) is 0. The summed E-state index contributed by atoms with van der Waals surface area (Å²) < 4.78 is 2.48. The van der Waals surface area contributed by atoms with Crippen LogP contribution < -0.4 is 0 Å². The van der Waals surface area contributed by atoms with E-state index >= 15 is 0 Å². The lowest BCUT2D eigenvalue weighted by atomic mass is 9.84. The molecule has 0 saturated carbocycles. The number of nitrogens with zero attached hydrogens (tertiary/aromatic N) is 5. The molecule has 0 fully saturated rings. The molecular formula is C23H29Cl2N5. The van der Waals surface area contributed by atoms with Crippen LogP contribution in [-0.4, -0.2) is 51.5 Å². The maximum absolute atomic E-state index is 4.42. The van der Waals surface area contributed by atoms with Crippen LogP contribution in [0.25, 0.3) is 0 Å². The van der Waals surface area contributed by atoms with Gasteiger partial charge in [-0.1, -0.05) is 12.1 Å². The molecule has 0 aromatic carbocycles. The van der Waals surface area contributed by atoms with E-state index in [1.165, 1.54) is 33.6 Å². The van der Waals surface area contributed by atoms with Crippen molar-refractivity contribution in [1.29, 1.82) is 0 Å². The van der Waals surface area contributed by atoms with Gasteiger partial charge in [0.15, 0.2) is 0 Å². The molecule has 2 aliphatic heterocycles. The van der Waals surface area contributed by atoms with Crippen LogP contribution in [0.15, 0.2) is 49.1 Å². The summed E-state index contributed by atoms with van der Waals surface area (Å²) in [5, 5.41) is 0. The fraction of sp³-hybridized carbons (Fsp3) is 0.391. The van der Waals surface area contributed by atoms with Crippen molar-refractivity contribution in [2.24, 2.45) is 7.05 Å². The highest BCUT2D eigenvalue weighted by Crippen LogP contribution is 2.46. The number of halogens is 2. The summed E-state index contributed by atoms with van der Waals surface area (Å²) in [6.45, 7) is 2.13. The Morgan fingerprint density at radius 3 is 1.53 bits per heavy atom. The van der Waals surface area contributed by atoms with Crippen LogP contribution in [-0.2, 0) is 19.9 Å². The summed E-state index contributed by atoms with van der Waals surface area (Å²) in [6, 6.07) is 9.04. The van der Waals surface area contributed by atoms with E-state index in [0.717, 1.165) is 25.9 Å². The van der Waals surface area contributed by atoms with Crippen LogP contribution in [0, 0.1) is 0 Å². The lowest BCUT2D eigenvalue weighted by Gasteiger charge is -2.38. The highest BCUT2D eigenvalue weighted by Gasteiger charge is 2.39. The zero-order valence-corrected chi connectivity index (χ0v) is 19.3. The monoisotopic (exact) mass is 445 g/mol. The van der Waals surface area contributed by atoms with Gasteiger partial charge in [-0.05, 0) is 37.4 Å². The minimum absolute atomic E-state index is 0. The molecule has 0 aliphatic carbocycles. The Morgan fingerprint density at radius 2 is 1.17 bits per heavy atom. The molecule has 0 N–H and O–H groups in total. The first-order valence-corrected chi connectivity index (χ1v) is 10.1. The zero-order chi connectivity index (χ0) is 19.3. The zero-order valence-electron chi connectivity index (χ0n) is 17.7. The van der Waals surface area contributed by atoms with Crippen molar-refractivity contribution in [2.75, 3.05) is 27.2 Å². The third kappa shape index (κ3) is 3.54. The van der Waals surface area contributed by atoms with Crippen LogP contribution in [0.4, 0.5) is 0 Å². The molecule has 3 aromatic rings. The van der Waals surface area contributed by atoms with Gasteiger partial charge in [0.1, 0.15) is 0 Å². The summed E-state index contributed by atoms with van der Waals surface area (Å²) in [4.78, 5) is 13.8. The number of pyridine rings is 2. The Bertz CT molecular complexity index is 911. The van der Waals surface area contributed by atoms with Crippen molar-refractivity contribution in [3.05, 3.63) is 82.7 Å². The van der Waals surface area contributed by atoms with Crippen LogP contribution in [0.2, 0.25) is 0 Å². The second kappa shape index (κ2) is 9.06. The van der Waals surface area contributed by atoms with Crippen molar-refractivity contribution in [3.8, 4) is 0 Å². The van der Waals surface area contributed by atoms with Crippen molar-refractivity contribution in [3.63, 3.8) is 0 Å². The normalized spacial score (nSPS) is 21.2. The van der Waals surface area contributed by atoms with Crippen molar-refractivity contribution in [2.45, 2.75) is 24.9 Å². The molecule has 7 heteroatoms. The highest BCUT2D eigenvalue weighted by atomic mass is 35.5. The summed E-state index contributed by atoms with van der Waals surface area (Å²) in [7, 11) is 6.74. The number of fused-ring (bicyclic) bond motifs is 3. The first-order valence-electron chi connectivity index (χ1n) is 10.1. The highest BCUT2D eigenvalue weighted by molar-refractivity contribution is 5.85. The molecule has 30 heavy (non-hydrogen) atoms. The SMILES string of the molecule is CN1CCc2c(c3c(n2C)CCN(C)[C@@H]3c2cccnc2)[C@H]1c1cccnc1.Cl.Cl. The number of hydrogen-bond acceptors (Lipinski definition) is 4. The number of aromatic nitrogens is 3. The van der Waals surface area contributed by atoms with E-state index in [1.807, 2.05) is 24.8 Å². The van der Waals surface area contributed by atoms with Gasteiger partial charge in [-0.2, -0.15) is 0 Å². The molecule has 0 saturated heterocycles. The molecule has 5 rings (SSSR count). The first kappa shape index (κ1) is 22.8. The quantitative estimate of drug-likeness (QED) is 0.600. The number of hydrogen-bond donors (Lipinski definition) is 0. The largest absolute Gasteiger partial charge is 0.351 e. The molecule has 2 aliphatic rings. The third-order valence-corrected chi connectivity index (χ3v) is 6.55. The molecule has 5 nitrogen and oxygen atoms in total. The number of likely N-dealkylation sites (N-methyl/N-ethyl adjacent to an activating group) is 2. The average Bonchev–Trinajstić information content (AvgIpc) is 3.01. The van der Waals surface area contributed by atoms with Gasteiger partial charge in [-0.25, -0.2) is 0 Å². The van der Waals surface area contributed by atoms with Gasteiger partial charge >= 0.3 is 0 Å². The second-order valence-electron chi connectivity index (χ2n) is 8.12. The van der Waals surface area contributed by atoms with Gasteiger partial charge in [-0.3, -0.25) is 19.8 Å². The van der Waals surface area contributed by atoms with Crippen molar-refractivity contribution >= 4 is 24.8 Å².